The molecule has 0 bridgehead atoms. The number of rotatable bonds is 6. The fourth-order valence-corrected chi connectivity index (χ4v) is 3.19. The molecule has 170 valence electrons. The van der Waals surface area contributed by atoms with Crippen molar-refractivity contribution in [3.8, 4) is 23.0 Å². The molecule has 2 rings (SSSR count). The molecule has 0 aliphatic rings. The maximum atomic E-state index is 14.3. The molecule has 0 heterocycles. The third-order valence-electron chi connectivity index (χ3n) is 4.52. The summed E-state index contributed by atoms with van der Waals surface area (Å²) in [6.45, 7) is 1.02. The first-order valence-electron chi connectivity index (χ1n) is 8.56. The standard InChI is InChI=1S/C20H18F6O5/c1-11(27)31-15-8-6-13(10-17(15)30-4)18(19(21,22)23,20(24,25)26)12-5-7-14(28-2)16(9-12)29-3/h5-10H,1-4H3. The first kappa shape index (κ1) is 24.2. The smallest absolute Gasteiger partial charge is 0.411 e. The van der Waals surface area contributed by atoms with Gasteiger partial charge in [0.25, 0.3) is 0 Å². The summed E-state index contributed by atoms with van der Waals surface area (Å²) in [4.78, 5) is 11.2. The lowest BCUT2D eigenvalue weighted by atomic mass is 9.72. The van der Waals surface area contributed by atoms with Gasteiger partial charge in [0.1, 0.15) is 0 Å². The van der Waals surface area contributed by atoms with Gasteiger partial charge < -0.3 is 18.9 Å². The Morgan fingerprint density at radius 1 is 0.677 bits per heavy atom. The highest BCUT2D eigenvalue weighted by molar-refractivity contribution is 5.70. The van der Waals surface area contributed by atoms with Crippen molar-refractivity contribution in [2.45, 2.75) is 24.7 Å². The maximum absolute atomic E-state index is 14.3. The van der Waals surface area contributed by atoms with Crippen molar-refractivity contribution in [1.29, 1.82) is 0 Å². The van der Waals surface area contributed by atoms with Gasteiger partial charge in [-0.2, -0.15) is 26.3 Å². The van der Waals surface area contributed by atoms with Gasteiger partial charge in [0.05, 0.1) is 21.3 Å². The van der Waals surface area contributed by atoms with Gasteiger partial charge in [0, 0.05) is 6.92 Å². The van der Waals surface area contributed by atoms with Gasteiger partial charge >= 0.3 is 18.3 Å². The number of esters is 1. The Hall–Kier alpha value is -3.11. The number of carbonyl (C=O) groups is 1. The Balaban J connectivity index is 2.92. The molecule has 0 saturated heterocycles. The fraction of sp³-hybridized carbons (Fsp3) is 0.350. The zero-order chi connectivity index (χ0) is 23.6. The molecule has 0 aliphatic heterocycles. The second kappa shape index (κ2) is 8.56. The molecule has 0 amide bonds. The lowest BCUT2D eigenvalue weighted by Gasteiger charge is -2.38. The molecule has 0 aliphatic carbocycles. The van der Waals surface area contributed by atoms with Gasteiger partial charge in [0.2, 0.25) is 5.41 Å². The Morgan fingerprint density at radius 3 is 1.42 bits per heavy atom. The Kier molecular flexibility index (Phi) is 6.67. The molecule has 2 aromatic rings. The molecule has 0 aromatic heterocycles. The molecule has 0 fully saturated rings. The lowest BCUT2D eigenvalue weighted by Crippen LogP contribution is -2.54. The molecule has 5 nitrogen and oxygen atoms in total. The summed E-state index contributed by atoms with van der Waals surface area (Å²) in [6, 6.07) is 4.16. The average molecular weight is 452 g/mol. The minimum absolute atomic E-state index is 0.0488. The zero-order valence-electron chi connectivity index (χ0n) is 16.8. The molecule has 2 aromatic carbocycles. The van der Waals surface area contributed by atoms with Crippen LogP contribution in [0.1, 0.15) is 18.1 Å². The maximum Gasteiger partial charge on any atom is 0.411 e. The summed E-state index contributed by atoms with van der Waals surface area (Å²) >= 11 is 0. The fourth-order valence-electron chi connectivity index (χ4n) is 3.19. The minimum atomic E-state index is -5.82. The summed E-state index contributed by atoms with van der Waals surface area (Å²) in [7, 11) is 3.30. The number of hydrogen-bond acceptors (Lipinski definition) is 5. The van der Waals surface area contributed by atoms with E-state index >= 15 is 0 Å². The van der Waals surface area contributed by atoms with E-state index in [1.807, 2.05) is 0 Å². The number of ether oxygens (including phenoxy) is 4. The van der Waals surface area contributed by atoms with Crippen LogP contribution in [0, 0.1) is 0 Å². The van der Waals surface area contributed by atoms with E-state index in [-0.39, 0.29) is 17.2 Å². The molecule has 0 saturated carbocycles. The highest BCUT2D eigenvalue weighted by Crippen LogP contribution is 2.57. The highest BCUT2D eigenvalue weighted by Gasteiger charge is 2.72. The van der Waals surface area contributed by atoms with E-state index < -0.39 is 40.6 Å². The summed E-state index contributed by atoms with van der Waals surface area (Å²) in [6.07, 6.45) is -11.6. The van der Waals surface area contributed by atoms with Crippen molar-refractivity contribution < 1.29 is 50.1 Å². The van der Waals surface area contributed by atoms with Crippen molar-refractivity contribution in [2.75, 3.05) is 21.3 Å². The van der Waals surface area contributed by atoms with Crippen LogP contribution in [-0.4, -0.2) is 39.7 Å². The van der Waals surface area contributed by atoms with E-state index in [4.69, 9.17) is 18.9 Å². The van der Waals surface area contributed by atoms with E-state index in [1.165, 1.54) is 7.11 Å². The minimum Gasteiger partial charge on any atom is -0.493 e. The van der Waals surface area contributed by atoms with Gasteiger partial charge in [-0.1, -0.05) is 12.1 Å². The SMILES string of the molecule is COc1ccc(C(c2ccc(OC(C)=O)c(OC)c2)(C(F)(F)F)C(F)(F)F)cc1OC. The topological polar surface area (TPSA) is 54.0 Å². The highest BCUT2D eigenvalue weighted by atomic mass is 19.4. The monoisotopic (exact) mass is 452 g/mol. The van der Waals surface area contributed by atoms with Gasteiger partial charge in [0.15, 0.2) is 23.0 Å². The van der Waals surface area contributed by atoms with Gasteiger partial charge in [-0.05, 0) is 35.4 Å². The third kappa shape index (κ3) is 4.21. The molecule has 31 heavy (non-hydrogen) atoms. The van der Waals surface area contributed by atoms with Crippen molar-refractivity contribution in [1.82, 2.24) is 0 Å². The van der Waals surface area contributed by atoms with Crippen LogP contribution < -0.4 is 18.9 Å². The summed E-state index contributed by atoms with van der Waals surface area (Å²) < 4.78 is 105. The number of carbonyl (C=O) groups excluding carboxylic acids is 1. The quantitative estimate of drug-likeness (QED) is 0.349. The van der Waals surface area contributed by atoms with Crippen LogP contribution in [0.5, 0.6) is 23.0 Å². The molecule has 0 radical (unpaired) electrons. The van der Waals surface area contributed by atoms with Crippen LogP contribution in [0.25, 0.3) is 0 Å². The second-order valence-corrected chi connectivity index (χ2v) is 6.27. The molecular weight excluding hydrogens is 434 g/mol. The number of halogens is 6. The van der Waals surface area contributed by atoms with E-state index in [0.717, 1.165) is 33.3 Å². The predicted octanol–water partition coefficient (Wildman–Crippen LogP) is 5.05. The second-order valence-electron chi connectivity index (χ2n) is 6.27. The number of benzene rings is 2. The summed E-state index contributed by atoms with van der Waals surface area (Å²) in [5.41, 5.74) is -6.78. The average Bonchev–Trinajstić information content (AvgIpc) is 2.66. The van der Waals surface area contributed by atoms with Crippen molar-refractivity contribution in [3.05, 3.63) is 47.5 Å². The molecule has 0 atom stereocenters. The van der Waals surface area contributed by atoms with Crippen molar-refractivity contribution in [3.63, 3.8) is 0 Å². The first-order valence-corrected chi connectivity index (χ1v) is 8.56. The Labute approximate surface area is 173 Å². The zero-order valence-corrected chi connectivity index (χ0v) is 16.8. The van der Waals surface area contributed by atoms with E-state index in [9.17, 15) is 31.1 Å². The lowest BCUT2D eigenvalue weighted by molar-refractivity contribution is -0.288. The van der Waals surface area contributed by atoms with Gasteiger partial charge in [-0.15, -0.1) is 0 Å². The van der Waals surface area contributed by atoms with Gasteiger partial charge in [-0.3, -0.25) is 4.79 Å². The van der Waals surface area contributed by atoms with Crippen LogP contribution in [0.3, 0.4) is 0 Å². The van der Waals surface area contributed by atoms with Gasteiger partial charge in [-0.25, -0.2) is 0 Å². The van der Waals surface area contributed by atoms with E-state index in [0.29, 0.717) is 24.3 Å². The Bertz CT molecular complexity index is 938. The third-order valence-corrected chi connectivity index (χ3v) is 4.52. The van der Waals surface area contributed by atoms with E-state index in [2.05, 4.69) is 0 Å². The molecule has 0 spiro atoms. The van der Waals surface area contributed by atoms with E-state index in [1.54, 1.807) is 0 Å². The van der Waals surface area contributed by atoms with Crippen molar-refractivity contribution >= 4 is 5.97 Å². The molecular formula is C20H18F6O5. The molecule has 0 N–H and O–H groups in total. The van der Waals surface area contributed by atoms with Crippen LogP contribution in [0.2, 0.25) is 0 Å². The van der Waals surface area contributed by atoms with Crippen LogP contribution in [0.15, 0.2) is 36.4 Å². The molecule has 0 unspecified atom stereocenters. The normalized spacial score (nSPS) is 12.3. The number of methoxy groups -OCH3 is 3. The van der Waals surface area contributed by atoms with Crippen molar-refractivity contribution in [2.24, 2.45) is 0 Å². The van der Waals surface area contributed by atoms with Crippen LogP contribution >= 0.6 is 0 Å². The van der Waals surface area contributed by atoms with Crippen LogP contribution in [0.4, 0.5) is 26.3 Å². The molecule has 11 heteroatoms. The van der Waals surface area contributed by atoms with Crippen LogP contribution in [-0.2, 0) is 10.2 Å². The number of hydrogen-bond donors (Lipinski definition) is 0. The summed E-state index contributed by atoms with van der Waals surface area (Å²) in [5.74, 6) is -2.01. The first-order chi connectivity index (χ1) is 14.3. The number of alkyl halides is 6. The Morgan fingerprint density at radius 2 is 1.06 bits per heavy atom. The summed E-state index contributed by atoms with van der Waals surface area (Å²) in [5, 5.41) is 0. The largest absolute Gasteiger partial charge is 0.493 e. The predicted molar refractivity (Wildman–Crippen MR) is 96.7 cm³/mol.